The summed E-state index contributed by atoms with van der Waals surface area (Å²) in [7, 11) is 1.61. The van der Waals surface area contributed by atoms with Crippen LogP contribution in [-0.2, 0) is 9.47 Å². The molecule has 1 unspecified atom stereocenters. The van der Waals surface area contributed by atoms with E-state index in [1.54, 1.807) is 25.3 Å². The Kier molecular flexibility index (Phi) is 4.19. The summed E-state index contributed by atoms with van der Waals surface area (Å²) in [6.07, 6.45) is -0.665. The zero-order valence-corrected chi connectivity index (χ0v) is 9.72. The molecule has 0 fully saturated rings. The highest BCUT2D eigenvalue weighted by Gasteiger charge is 2.16. The van der Waals surface area contributed by atoms with Gasteiger partial charge in [-0.1, -0.05) is 6.07 Å². The van der Waals surface area contributed by atoms with Gasteiger partial charge in [0.1, 0.15) is 6.10 Å². The second-order valence-corrected chi connectivity index (χ2v) is 3.70. The number of aliphatic hydroxyl groups excluding tert-OH is 1. The summed E-state index contributed by atoms with van der Waals surface area (Å²) in [5.74, 6) is 1.37. The Morgan fingerprint density at radius 2 is 2.12 bits per heavy atom. The Labute approximate surface area is 99.9 Å². The smallest absolute Gasteiger partial charge is 0.231 e. The van der Waals surface area contributed by atoms with Crippen LogP contribution in [0.1, 0.15) is 11.7 Å². The molecular formula is C12H16O5. The third-order valence-electron chi connectivity index (χ3n) is 2.49. The van der Waals surface area contributed by atoms with Crippen molar-refractivity contribution in [2.45, 2.75) is 6.10 Å². The molecule has 1 heterocycles. The lowest BCUT2D eigenvalue weighted by molar-refractivity contribution is 0.0125. The fraction of sp³-hybridized carbons (Fsp3) is 0.500. The minimum absolute atomic E-state index is 0.235. The van der Waals surface area contributed by atoms with Crippen LogP contribution in [0.25, 0.3) is 0 Å². The van der Waals surface area contributed by atoms with Gasteiger partial charge >= 0.3 is 0 Å². The molecule has 0 saturated carbocycles. The van der Waals surface area contributed by atoms with E-state index in [0.29, 0.717) is 24.7 Å². The van der Waals surface area contributed by atoms with E-state index in [4.69, 9.17) is 18.9 Å². The highest BCUT2D eigenvalue weighted by atomic mass is 16.7. The van der Waals surface area contributed by atoms with Gasteiger partial charge in [0.05, 0.1) is 19.8 Å². The summed E-state index contributed by atoms with van der Waals surface area (Å²) in [5, 5.41) is 9.89. The summed E-state index contributed by atoms with van der Waals surface area (Å²) in [5.41, 5.74) is 0.756. The quantitative estimate of drug-likeness (QED) is 0.755. The molecule has 5 nitrogen and oxygen atoms in total. The second-order valence-electron chi connectivity index (χ2n) is 3.70. The molecule has 17 heavy (non-hydrogen) atoms. The lowest BCUT2D eigenvalue weighted by Crippen LogP contribution is -2.10. The van der Waals surface area contributed by atoms with Crippen LogP contribution in [0.3, 0.4) is 0 Å². The van der Waals surface area contributed by atoms with Crippen LogP contribution in [0, 0.1) is 0 Å². The first-order chi connectivity index (χ1) is 8.31. The number of aliphatic hydroxyl groups is 1. The molecule has 0 spiro atoms. The third-order valence-corrected chi connectivity index (χ3v) is 2.49. The van der Waals surface area contributed by atoms with Crippen LogP contribution in [0.2, 0.25) is 0 Å². The summed E-state index contributed by atoms with van der Waals surface area (Å²) in [4.78, 5) is 0. The first-order valence-electron chi connectivity index (χ1n) is 5.45. The molecule has 0 bridgehead atoms. The highest BCUT2D eigenvalue weighted by Crippen LogP contribution is 2.34. The lowest BCUT2D eigenvalue weighted by atomic mass is 10.1. The van der Waals surface area contributed by atoms with Gasteiger partial charge in [-0.3, -0.25) is 0 Å². The van der Waals surface area contributed by atoms with Gasteiger partial charge in [-0.05, 0) is 17.7 Å². The predicted molar refractivity (Wildman–Crippen MR) is 60.2 cm³/mol. The van der Waals surface area contributed by atoms with E-state index in [-0.39, 0.29) is 13.4 Å². The molecule has 1 N–H and O–H groups in total. The van der Waals surface area contributed by atoms with Crippen molar-refractivity contribution in [1.29, 1.82) is 0 Å². The van der Waals surface area contributed by atoms with Gasteiger partial charge in [0, 0.05) is 7.11 Å². The largest absolute Gasteiger partial charge is 0.454 e. The van der Waals surface area contributed by atoms with Gasteiger partial charge in [-0.2, -0.15) is 0 Å². The average molecular weight is 240 g/mol. The van der Waals surface area contributed by atoms with Crippen LogP contribution in [-0.4, -0.2) is 38.8 Å². The summed E-state index contributed by atoms with van der Waals surface area (Å²) in [6, 6.07) is 5.36. The monoisotopic (exact) mass is 240 g/mol. The fourth-order valence-electron chi connectivity index (χ4n) is 1.55. The van der Waals surface area contributed by atoms with Gasteiger partial charge in [0.15, 0.2) is 11.5 Å². The molecule has 94 valence electrons. The molecule has 1 aromatic carbocycles. The molecule has 1 aliphatic rings. The Morgan fingerprint density at radius 1 is 1.29 bits per heavy atom. The molecule has 5 heteroatoms. The van der Waals surface area contributed by atoms with Crippen molar-refractivity contribution in [2.24, 2.45) is 0 Å². The molecule has 0 aliphatic carbocycles. The number of methoxy groups -OCH3 is 1. The van der Waals surface area contributed by atoms with Crippen molar-refractivity contribution < 1.29 is 24.1 Å². The maximum absolute atomic E-state index is 9.89. The standard InChI is InChI=1S/C12H16O5/c1-14-4-5-15-7-10(13)9-2-3-11-12(6-9)17-8-16-11/h2-3,6,10,13H,4-5,7-8H2,1H3. The minimum Gasteiger partial charge on any atom is -0.454 e. The van der Waals surface area contributed by atoms with Gasteiger partial charge in [0.25, 0.3) is 0 Å². The fourth-order valence-corrected chi connectivity index (χ4v) is 1.55. The molecule has 0 saturated heterocycles. The maximum Gasteiger partial charge on any atom is 0.231 e. The van der Waals surface area contributed by atoms with Gasteiger partial charge in [0.2, 0.25) is 6.79 Å². The van der Waals surface area contributed by atoms with Crippen molar-refractivity contribution in [3.05, 3.63) is 23.8 Å². The molecule has 0 radical (unpaired) electrons. The summed E-state index contributed by atoms with van der Waals surface area (Å²) in [6.45, 7) is 1.47. The molecule has 2 rings (SSSR count). The van der Waals surface area contributed by atoms with Crippen molar-refractivity contribution in [1.82, 2.24) is 0 Å². The predicted octanol–water partition coefficient (Wildman–Crippen LogP) is 1.11. The number of hydrogen-bond acceptors (Lipinski definition) is 5. The number of fused-ring (bicyclic) bond motifs is 1. The number of hydrogen-bond donors (Lipinski definition) is 1. The van der Waals surface area contributed by atoms with Crippen molar-refractivity contribution in [2.75, 3.05) is 33.7 Å². The van der Waals surface area contributed by atoms with Crippen molar-refractivity contribution in [3.63, 3.8) is 0 Å². The first-order valence-corrected chi connectivity index (χ1v) is 5.45. The Bertz CT molecular complexity index is 366. The van der Waals surface area contributed by atoms with Crippen LogP contribution >= 0.6 is 0 Å². The van der Waals surface area contributed by atoms with Crippen molar-refractivity contribution >= 4 is 0 Å². The molecule has 0 aromatic heterocycles. The van der Waals surface area contributed by atoms with Crippen molar-refractivity contribution in [3.8, 4) is 11.5 Å². The van der Waals surface area contributed by atoms with E-state index in [9.17, 15) is 5.11 Å². The number of ether oxygens (including phenoxy) is 4. The van der Waals surface area contributed by atoms with E-state index in [0.717, 1.165) is 5.56 Å². The summed E-state index contributed by atoms with van der Waals surface area (Å²) >= 11 is 0. The average Bonchev–Trinajstić information content (AvgIpc) is 2.81. The van der Waals surface area contributed by atoms with Gasteiger partial charge < -0.3 is 24.1 Å². The van der Waals surface area contributed by atoms with E-state index in [2.05, 4.69) is 0 Å². The molecule has 1 aromatic rings. The molecule has 1 aliphatic heterocycles. The zero-order chi connectivity index (χ0) is 12.1. The molecule has 1 atom stereocenters. The van der Waals surface area contributed by atoms with E-state index in [1.165, 1.54) is 0 Å². The molecular weight excluding hydrogens is 224 g/mol. The SMILES string of the molecule is COCCOCC(O)c1ccc2c(c1)OCO2. The van der Waals surface area contributed by atoms with E-state index < -0.39 is 6.10 Å². The molecule has 0 amide bonds. The van der Waals surface area contributed by atoms with Gasteiger partial charge in [-0.25, -0.2) is 0 Å². The zero-order valence-electron chi connectivity index (χ0n) is 9.72. The topological polar surface area (TPSA) is 57.2 Å². The van der Waals surface area contributed by atoms with Crippen LogP contribution in [0.5, 0.6) is 11.5 Å². The second kappa shape index (κ2) is 5.86. The Hall–Kier alpha value is -1.30. The maximum atomic E-state index is 9.89. The van der Waals surface area contributed by atoms with Crippen LogP contribution in [0.15, 0.2) is 18.2 Å². The number of benzene rings is 1. The van der Waals surface area contributed by atoms with Crippen LogP contribution in [0.4, 0.5) is 0 Å². The van der Waals surface area contributed by atoms with Gasteiger partial charge in [-0.15, -0.1) is 0 Å². The summed E-state index contributed by atoms with van der Waals surface area (Å²) < 4.78 is 20.5. The highest BCUT2D eigenvalue weighted by molar-refractivity contribution is 5.45. The van der Waals surface area contributed by atoms with E-state index in [1.807, 2.05) is 0 Å². The normalized spacial score (nSPS) is 14.9. The first kappa shape index (κ1) is 12.2. The van der Waals surface area contributed by atoms with Crippen LogP contribution < -0.4 is 9.47 Å². The van der Waals surface area contributed by atoms with E-state index >= 15 is 0 Å². The third kappa shape index (κ3) is 3.09. The Morgan fingerprint density at radius 3 is 2.94 bits per heavy atom. The number of rotatable bonds is 6. The Balaban J connectivity index is 1.88. The minimum atomic E-state index is -0.665. The lowest BCUT2D eigenvalue weighted by Gasteiger charge is -2.12.